The number of hydrogen-bond acceptors (Lipinski definition) is 6. The van der Waals surface area contributed by atoms with Crippen molar-refractivity contribution < 1.29 is 29.3 Å². The van der Waals surface area contributed by atoms with Crippen LogP contribution in [0.2, 0.25) is 0 Å². The maximum absolute atomic E-state index is 13.0. The van der Waals surface area contributed by atoms with Crippen molar-refractivity contribution in [1.29, 1.82) is 0 Å². The quantitative estimate of drug-likeness (QED) is 0.394. The van der Waals surface area contributed by atoms with Gasteiger partial charge in [0, 0.05) is 6.42 Å². The lowest BCUT2D eigenvalue weighted by molar-refractivity contribution is -0.149. The molecule has 8 nitrogen and oxygen atoms in total. The topological polar surface area (TPSA) is 125 Å². The Morgan fingerprint density at radius 2 is 1.41 bits per heavy atom. The molecular weight excluding hydrogens is 412 g/mol. The molecule has 2 atom stereocenters. The molecule has 4 N–H and O–H groups in total. The van der Waals surface area contributed by atoms with Crippen LogP contribution in [0.3, 0.4) is 0 Å². The van der Waals surface area contributed by atoms with E-state index in [9.17, 15) is 24.6 Å². The van der Waals surface area contributed by atoms with Gasteiger partial charge in [0.25, 0.3) is 0 Å². The van der Waals surface area contributed by atoms with Crippen LogP contribution in [0.25, 0.3) is 0 Å². The Balaban J connectivity index is 2.10. The van der Waals surface area contributed by atoms with Gasteiger partial charge < -0.3 is 25.6 Å². The number of rotatable bonds is 11. The highest BCUT2D eigenvalue weighted by Crippen LogP contribution is 2.10. The van der Waals surface area contributed by atoms with Gasteiger partial charge >= 0.3 is 6.09 Å². The molecule has 0 spiro atoms. The van der Waals surface area contributed by atoms with E-state index >= 15 is 0 Å². The molecule has 8 heteroatoms. The van der Waals surface area contributed by atoms with Crippen LogP contribution in [0.15, 0.2) is 60.7 Å². The average molecular weight is 443 g/mol. The van der Waals surface area contributed by atoms with E-state index in [0.29, 0.717) is 0 Å². The second kappa shape index (κ2) is 12.6. The molecule has 0 radical (unpaired) electrons. The van der Waals surface area contributed by atoms with E-state index in [-0.39, 0.29) is 25.4 Å². The predicted octanol–water partition coefficient (Wildman–Crippen LogP) is 1.93. The summed E-state index contributed by atoms with van der Waals surface area (Å²) >= 11 is 0. The lowest BCUT2D eigenvalue weighted by Gasteiger charge is -2.24. The highest BCUT2D eigenvalue weighted by atomic mass is 16.5. The summed E-state index contributed by atoms with van der Waals surface area (Å²) in [5.74, 6) is -1.51. The highest BCUT2D eigenvalue weighted by molar-refractivity contribution is 5.93. The first-order chi connectivity index (χ1) is 15.3. The molecule has 2 aromatic rings. The van der Waals surface area contributed by atoms with Crippen LogP contribution in [0.5, 0.6) is 0 Å². The van der Waals surface area contributed by atoms with Crippen molar-refractivity contribution in [2.24, 2.45) is 5.92 Å². The number of aliphatic hydroxyl groups is 2. The molecule has 0 aromatic heterocycles. The Hall–Kier alpha value is -3.23. The van der Waals surface area contributed by atoms with E-state index in [2.05, 4.69) is 10.6 Å². The average Bonchev–Trinajstić information content (AvgIpc) is 2.77. The second-order valence-corrected chi connectivity index (χ2v) is 7.92. The molecule has 2 amide bonds. The van der Waals surface area contributed by atoms with E-state index < -0.39 is 36.2 Å². The van der Waals surface area contributed by atoms with Gasteiger partial charge in [0.1, 0.15) is 12.6 Å². The second-order valence-electron chi connectivity index (χ2n) is 7.92. The van der Waals surface area contributed by atoms with Crippen molar-refractivity contribution in [3.05, 3.63) is 71.8 Å². The van der Waals surface area contributed by atoms with E-state index in [1.165, 1.54) is 0 Å². The molecule has 0 bridgehead atoms. The summed E-state index contributed by atoms with van der Waals surface area (Å²) in [6, 6.07) is 16.1. The molecule has 0 saturated heterocycles. The van der Waals surface area contributed by atoms with Crippen LogP contribution in [-0.2, 0) is 27.4 Å². The number of nitrogens with one attached hydrogen (secondary N) is 2. The summed E-state index contributed by atoms with van der Waals surface area (Å²) in [4.78, 5) is 37.5. The fraction of sp³-hybridized carbons (Fsp3) is 0.375. The van der Waals surface area contributed by atoms with Crippen LogP contribution in [0.1, 0.15) is 31.4 Å². The van der Waals surface area contributed by atoms with Gasteiger partial charge in [-0.25, -0.2) is 4.79 Å². The zero-order valence-corrected chi connectivity index (χ0v) is 18.2. The molecular formula is C24H30N2O6. The minimum absolute atomic E-state index is 0.0133. The maximum atomic E-state index is 13.0. The molecule has 32 heavy (non-hydrogen) atoms. The standard InChI is InChI=1S/C24H30N2O6/c1-16(2)13-19(21(27)23(29)30)25-22(28)20(14-17-9-5-3-6-10-17)26-24(31)32-15-18-11-7-4-8-12-18/h3-12,16,19-20,23,29-30H,13-15H2,1-2H3,(H,25,28)(H,26,31)/t19-,20-/m0/s1. The number of aliphatic hydroxyl groups excluding tert-OH is 1. The Labute approximate surface area is 187 Å². The summed E-state index contributed by atoms with van der Waals surface area (Å²) in [5.41, 5.74) is 1.59. The Bertz CT molecular complexity index is 871. The van der Waals surface area contributed by atoms with Gasteiger partial charge in [-0.15, -0.1) is 0 Å². The smallest absolute Gasteiger partial charge is 0.408 e. The molecule has 0 aliphatic heterocycles. The molecule has 0 saturated carbocycles. The van der Waals surface area contributed by atoms with Crippen LogP contribution in [0, 0.1) is 5.92 Å². The van der Waals surface area contributed by atoms with E-state index in [1.54, 1.807) is 0 Å². The lowest BCUT2D eigenvalue weighted by Crippen LogP contribution is -2.54. The normalized spacial score (nSPS) is 12.8. The zero-order chi connectivity index (χ0) is 23.5. The van der Waals surface area contributed by atoms with Crippen molar-refractivity contribution in [1.82, 2.24) is 10.6 Å². The van der Waals surface area contributed by atoms with Crippen molar-refractivity contribution in [2.75, 3.05) is 0 Å². The van der Waals surface area contributed by atoms with Gasteiger partial charge in [-0.3, -0.25) is 9.59 Å². The Kier molecular flexibility index (Phi) is 9.84. The zero-order valence-electron chi connectivity index (χ0n) is 18.2. The molecule has 0 fully saturated rings. The minimum Gasteiger partial charge on any atom is -0.445 e. The minimum atomic E-state index is -2.20. The van der Waals surface area contributed by atoms with Crippen LogP contribution < -0.4 is 10.6 Å². The van der Waals surface area contributed by atoms with Crippen LogP contribution >= 0.6 is 0 Å². The Morgan fingerprint density at radius 1 is 0.844 bits per heavy atom. The largest absolute Gasteiger partial charge is 0.445 e. The third-order valence-corrected chi connectivity index (χ3v) is 4.73. The van der Waals surface area contributed by atoms with Gasteiger partial charge in [0.2, 0.25) is 18.0 Å². The maximum Gasteiger partial charge on any atom is 0.408 e. The van der Waals surface area contributed by atoms with Crippen molar-refractivity contribution >= 4 is 17.8 Å². The van der Waals surface area contributed by atoms with E-state index in [1.807, 2.05) is 74.5 Å². The molecule has 0 aliphatic rings. The van der Waals surface area contributed by atoms with Gasteiger partial charge in [0.15, 0.2) is 0 Å². The van der Waals surface area contributed by atoms with Crippen LogP contribution in [-0.4, -0.2) is 46.4 Å². The molecule has 0 unspecified atom stereocenters. The van der Waals surface area contributed by atoms with E-state index in [0.717, 1.165) is 11.1 Å². The van der Waals surface area contributed by atoms with Gasteiger partial charge in [0.05, 0.1) is 6.04 Å². The fourth-order valence-corrected chi connectivity index (χ4v) is 3.14. The monoisotopic (exact) mass is 442 g/mol. The summed E-state index contributed by atoms with van der Waals surface area (Å²) in [5, 5.41) is 23.7. The van der Waals surface area contributed by atoms with Gasteiger partial charge in [-0.2, -0.15) is 0 Å². The number of Topliss-reactive ketones (excluding diaryl/α,β-unsaturated/α-hetero) is 1. The van der Waals surface area contributed by atoms with Crippen molar-refractivity contribution in [3.8, 4) is 0 Å². The SMILES string of the molecule is CC(C)C[C@H](NC(=O)[C@H](Cc1ccccc1)NC(=O)OCc1ccccc1)C(=O)C(O)O. The predicted molar refractivity (Wildman–Crippen MR) is 118 cm³/mol. The van der Waals surface area contributed by atoms with Gasteiger partial charge in [-0.1, -0.05) is 74.5 Å². The number of alkyl carbamates (subject to hydrolysis) is 1. The van der Waals surface area contributed by atoms with Gasteiger partial charge in [-0.05, 0) is 23.5 Å². The first kappa shape index (κ1) is 25.0. The fourth-order valence-electron chi connectivity index (χ4n) is 3.14. The van der Waals surface area contributed by atoms with E-state index in [4.69, 9.17) is 4.74 Å². The lowest BCUT2D eigenvalue weighted by atomic mass is 9.98. The third-order valence-electron chi connectivity index (χ3n) is 4.73. The number of carbonyl (C=O) groups is 3. The molecule has 0 heterocycles. The van der Waals surface area contributed by atoms with Crippen LogP contribution in [0.4, 0.5) is 4.79 Å². The number of ether oxygens (including phenoxy) is 1. The number of ketones is 1. The first-order valence-electron chi connectivity index (χ1n) is 10.5. The number of hydrogen-bond donors (Lipinski definition) is 4. The molecule has 172 valence electrons. The van der Waals surface area contributed by atoms with Crippen molar-refractivity contribution in [2.45, 2.75) is 51.7 Å². The molecule has 2 aromatic carbocycles. The summed E-state index contributed by atoms with van der Waals surface area (Å²) in [6.45, 7) is 3.73. The summed E-state index contributed by atoms with van der Waals surface area (Å²) in [6.07, 6.45) is -2.59. The first-order valence-corrected chi connectivity index (χ1v) is 10.5. The Morgan fingerprint density at radius 3 is 1.94 bits per heavy atom. The summed E-state index contributed by atoms with van der Waals surface area (Å²) in [7, 11) is 0. The number of amides is 2. The number of benzene rings is 2. The highest BCUT2D eigenvalue weighted by Gasteiger charge is 2.30. The number of carbonyl (C=O) groups excluding carboxylic acids is 3. The molecule has 2 rings (SSSR count). The third kappa shape index (κ3) is 8.49. The molecule has 0 aliphatic carbocycles. The summed E-state index contributed by atoms with van der Waals surface area (Å²) < 4.78 is 5.22. The van der Waals surface area contributed by atoms with Crippen molar-refractivity contribution in [3.63, 3.8) is 0 Å².